The van der Waals surface area contributed by atoms with E-state index in [1.807, 2.05) is 0 Å². The average molecular weight is 303 g/mol. The van der Waals surface area contributed by atoms with Gasteiger partial charge in [0.25, 0.3) is 0 Å². The summed E-state index contributed by atoms with van der Waals surface area (Å²) < 4.78 is 0.721. The first kappa shape index (κ1) is 16.2. The first-order valence-corrected chi connectivity index (χ1v) is 8.29. The van der Waals surface area contributed by atoms with Crippen LogP contribution >= 0.6 is 23.1 Å². The second-order valence-electron chi connectivity index (χ2n) is 4.53. The summed E-state index contributed by atoms with van der Waals surface area (Å²) >= 11 is 2.70. The van der Waals surface area contributed by atoms with E-state index in [0.717, 1.165) is 22.4 Å². The van der Waals surface area contributed by atoms with Crippen molar-refractivity contribution >= 4 is 34.2 Å². The number of hydrogen-bond acceptors (Lipinski definition) is 6. The Kier molecular flexibility index (Phi) is 7.15. The molecule has 0 amide bonds. The molecule has 1 aromatic heterocycles. The van der Waals surface area contributed by atoms with Gasteiger partial charge >= 0.3 is 5.97 Å². The van der Waals surface area contributed by atoms with Crippen LogP contribution in [0, 0.1) is 0 Å². The number of carbonyl (C=O) groups is 1. The fraction of sp³-hybridized carbons (Fsp3) is 0.750. The highest BCUT2D eigenvalue weighted by Gasteiger charge is 2.16. The minimum Gasteiger partial charge on any atom is -0.481 e. The Labute approximate surface area is 122 Å². The van der Waals surface area contributed by atoms with E-state index in [0.29, 0.717) is 6.04 Å². The maximum atomic E-state index is 10.5. The molecule has 0 saturated heterocycles. The van der Waals surface area contributed by atoms with Crippen LogP contribution in [0.15, 0.2) is 4.34 Å². The molecule has 0 atom stereocenters. The Hall–Kier alpha value is -0.820. The molecular formula is C12H21N3O2S2. The van der Waals surface area contributed by atoms with Crippen LogP contribution in [0.4, 0.5) is 5.13 Å². The molecule has 19 heavy (non-hydrogen) atoms. The van der Waals surface area contributed by atoms with E-state index in [1.165, 1.54) is 35.9 Å². The van der Waals surface area contributed by atoms with E-state index in [-0.39, 0.29) is 5.75 Å². The number of carboxylic acid groups (broad SMARTS) is 1. The number of rotatable bonds is 9. The van der Waals surface area contributed by atoms with Gasteiger partial charge in [0, 0.05) is 12.6 Å². The highest BCUT2D eigenvalue weighted by atomic mass is 32.2. The van der Waals surface area contributed by atoms with Crippen molar-refractivity contribution in [3.63, 3.8) is 0 Å². The van der Waals surface area contributed by atoms with Crippen molar-refractivity contribution in [2.24, 2.45) is 0 Å². The molecule has 1 aromatic rings. The first-order chi connectivity index (χ1) is 9.04. The van der Waals surface area contributed by atoms with Gasteiger partial charge in [-0.3, -0.25) is 4.79 Å². The molecule has 0 radical (unpaired) electrons. The monoisotopic (exact) mass is 303 g/mol. The Morgan fingerprint density at radius 1 is 1.42 bits per heavy atom. The highest BCUT2D eigenvalue weighted by Crippen LogP contribution is 2.29. The molecule has 0 aliphatic heterocycles. The molecule has 0 fully saturated rings. The van der Waals surface area contributed by atoms with Gasteiger partial charge in [0.2, 0.25) is 5.13 Å². The summed E-state index contributed by atoms with van der Waals surface area (Å²) in [6.45, 7) is 7.43. The van der Waals surface area contributed by atoms with E-state index in [4.69, 9.17) is 5.11 Å². The van der Waals surface area contributed by atoms with Gasteiger partial charge in [-0.2, -0.15) is 0 Å². The smallest absolute Gasteiger partial charge is 0.313 e. The third kappa shape index (κ3) is 5.78. The van der Waals surface area contributed by atoms with Crippen LogP contribution in [-0.4, -0.2) is 39.6 Å². The zero-order valence-electron chi connectivity index (χ0n) is 11.6. The Balaban J connectivity index is 2.61. The van der Waals surface area contributed by atoms with Crippen molar-refractivity contribution in [1.82, 2.24) is 10.2 Å². The topological polar surface area (TPSA) is 66.3 Å². The molecule has 0 unspecified atom stereocenters. The fourth-order valence-electron chi connectivity index (χ4n) is 1.61. The lowest BCUT2D eigenvalue weighted by atomic mass is 10.2. The van der Waals surface area contributed by atoms with Gasteiger partial charge in [-0.1, -0.05) is 42.9 Å². The van der Waals surface area contributed by atoms with Gasteiger partial charge in [-0.15, -0.1) is 10.2 Å². The Bertz CT molecular complexity index is 396. The second kappa shape index (κ2) is 8.37. The van der Waals surface area contributed by atoms with Crippen molar-refractivity contribution in [3.05, 3.63) is 0 Å². The first-order valence-electron chi connectivity index (χ1n) is 6.49. The largest absolute Gasteiger partial charge is 0.481 e. The maximum Gasteiger partial charge on any atom is 0.313 e. The zero-order chi connectivity index (χ0) is 14.3. The average Bonchev–Trinajstić information content (AvgIpc) is 2.80. The van der Waals surface area contributed by atoms with E-state index in [2.05, 4.69) is 35.9 Å². The predicted octanol–water partition coefficient (Wildman–Crippen LogP) is 3.12. The van der Waals surface area contributed by atoms with Crippen molar-refractivity contribution in [2.45, 2.75) is 50.4 Å². The summed E-state index contributed by atoms with van der Waals surface area (Å²) in [5, 5.41) is 17.8. The predicted molar refractivity (Wildman–Crippen MR) is 80.3 cm³/mol. The zero-order valence-corrected chi connectivity index (χ0v) is 13.3. The van der Waals surface area contributed by atoms with Crippen molar-refractivity contribution in [2.75, 3.05) is 17.2 Å². The fourth-order valence-corrected chi connectivity index (χ4v) is 3.33. The molecule has 1 rings (SSSR count). The molecule has 5 nitrogen and oxygen atoms in total. The Morgan fingerprint density at radius 3 is 2.74 bits per heavy atom. The van der Waals surface area contributed by atoms with Crippen LogP contribution in [0.1, 0.15) is 40.0 Å². The number of nitrogens with zero attached hydrogens (tertiary/aromatic N) is 3. The van der Waals surface area contributed by atoms with Crippen LogP contribution < -0.4 is 4.90 Å². The van der Waals surface area contributed by atoms with Gasteiger partial charge < -0.3 is 10.0 Å². The number of carboxylic acids is 1. The third-order valence-corrected chi connectivity index (χ3v) is 4.66. The molecule has 0 aliphatic carbocycles. The molecule has 0 aromatic carbocycles. The summed E-state index contributed by atoms with van der Waals surface area (Å²) in [7, 11) is 0. The van der Waals surface area contributed by atoms with Crippen LogP contribution in [0.3, 0.4) is 0 Å². The number of thioether (sulfide) groups is 1. The molecule has 0 bridgehead atoms. The minimum absolute atomic E-state index is 0.0339. The lowest BCUT2D eigenvalue weighted by Gasteiger charge is -2.25. The SMILES string of the molecule is CCCCCN(c1nnc(SCC(=O)O)s1)C(C)C. The van der Waals surface area contributed by atoms with Gasteiger partial charge in [0.05, 0.1) is 5.75 Å². The maximum absolute atomic E-state index is 10.5. The number of unbranched alkanes of at least 4 members (excludes halogenated alkanes) is 2. The highest BCUT2D eigenvalue weighted by molar-refractivity contribution is 8.01. The third-order valence-electron chi connectivity index (χ3n) is 2.59. The minimum atomic E-state index is -0.828. The van der Waals surface area contributed by atoms with Crippen molar-refractivity contribution < 1.29 is 9.90 Å². The van der Waals surface area contributed by atoms with E-state index in [9.17, 15) is 4.79 Å². The normalized spacial score (nSPS) is 10.9. The summed E-state index contributed by atoms with van der Waals surface area (Å²) in [5.41, 5.74) is 0. The van der Waals surface area contributed by atoms with Gasteiger partial charge in [0.15, 0.2) is 4.34 Å². The van der Waals surface area contributed by atoms with E-state index in [1.54, 1.807) is 0 Å². The van der Waals surface area contributed by atoms with Gasteiger partial charge in [-0.05, 0) is 20.3 Å². The molecule has 0 spiro atoms. The summed E-state index contributed by atoms with van der Waals surface area (Å²) in [4.78, 5) is 12.8. The lowest BCUT2D eigenvalue weighted by molar-refractivity contribution is -0.133. The summed E-state index contributed by atoms with van der Waals surface area (Å²) in [6.07, 6.45) is 3.55. The Morgan fingerprint density at radius 2 is 2.16 bits per heavy atom. The van der Waals surface area contributed by atoms with Crippen LogP contribution in [0.2, 0.25) is 0 Å². The molecule has 108 valence electrons. The second-order valence-corrected chi connectivity index (χ2v) is 6.71. The van der Waals surface area contributed by atoms with Gasteiger partial charge in [0.1, 0.15) is 0 Å². The number of hydrogen-bond donors (Lipinski definition) is 1. The van der Waals surface area contributed by atoms with Crippen molar-refractivity contribution in [1.29, 1.82) is 0 Å². The molecule has 0 aliphatic rings. The molecule has 0 saturated carbocycles. The molecule has 1 N–H and O–H groups in total. The van der Waals surface area contributed by atoms with Crippen LogP contribution in [0.25, 0.3) is 0 Å². The standard InChI is InChI=1S/C12H21N3O2S2/c1-4-5-6-7-15(9(2)3)11-13-14-12(19-11)18-8-10(16)17/h9H,4-8H2,1-3H3,(H,16,17). The van der Waals surface area contributed by atoms with E-state index < -0.39 is 5.97 Å². The van der Waals surface area contributed by atoms with E-state index >= 15 is 0 Å². The lowest BCUT2D eigenvalue weighted by Crippen LogP contribution is -2.31. The molecular weight excluding hydrogens is 282 g/mol. The molecule has 7 heteroatoms. The van der Waals surface area contributed by atoms with Crippen LogP contribution in [-0.2, 0) is 4.79 Å². The molecule has 1 heterocycles. The number of aromatic nitrogens is 2. The summed E-state index contributed by atoms with van der Waals surface area (Å²) in [5.74, 6) is -0.794. The van der Waals surface area contributed by atoms with Crippen LogP contribution in [0.5, 0.6) is 0 Å². The number of aliphatic carboxylic acids is 1. The number of anilines is 1. The van der Waals surface area contributed by atoms with Gasteiger partial charge in [-0.25, -0.2) is 0 Å². The summed E-state index contributed by atoms with van der Waals surface area (Å²) in [6, 6.07) is 0.377. The van der Waals surface area contributed by atoms with Crippen molar-refractivity contribution in [3.8, 4) is 0 Å². The quantitative estimate of drug-likeness (QED) is 0.558.